The number of hydrogen-bond donors (Lipinski definition) is 0. The van der Waals surface area contributed by atoms with E-state index in [1.165, 1.54) is 43.8 Å². The molecule has 0 saturated heterocycles. The molecule has 0 N–H and O–H groups in total. The lowest BCUT2D eigenvalue weighted by atomic mass is 9.93. The highest BCUT2D eigenvalue weighted by Gasteiger charge is 2.17. The van der Waals surface area contributed by atoms with E-state index < -0.39 is 0 Å². The summed E-state index contributed by atoms with van der Waals surface area (Å²) in [7, 11) is 0. The number of rotatable bonds is 7. The van der Waals surface area contributed by atoms with Crippen molar-refractivity contribution in [1.29, 1.82) is 0 Å². The summed E-state index contributed by atoms with van der Waals surface area (Å²) in [6.45, 7) is 0. The van der Waals surface area contributed by atoms with Gasteiger partial charge in [-0.05, 0) is 133 Å². The lowest BCUT2D eigenvalue weighted by Crippen LogP contribution is -2.09. The SMILES string of the molecule is c1ccc(-c2cc(-c3cccc(N(c4ccccc4)c4ccc(-c5ccc6ccc7nc(-c8ccc9ccccc9c8)oc7c6c5)cc4)c3)c3ccccc3c2)cc1. The van der Waals surface area contributed by atoms with Crippen molar-refractivity contribution >= 4 is 60.5 Å². The van der Waals surface area contributed by atoms with Crippen molar-refractivity contribution in [2.75, 3.05) is 4.90 Å². The molecule has 0 atom stereocenters. The first-order valence-corrected chi connectivity index (χ1v) is 19.7. The van der Waals surface area contributed by atoms with Crippen LogP contribution in [0.2, 0.25) is 0 Å². The normalized spacial score (nSPS) is 11.4. The molecule has 0 bridgehead atoms. The zero-order chi connectivity index (χ0) is 38.4. The summed E-state index contributed by atoms with van der Waals surface area (Å²) in [6.07, 6.45) is 0. The molecule has 1 heterocycles. The Kier molecular flexibility index (Phi) is 8.15. The summed E-state index contributed by atoms with van der Waals surface area (Å²) in [5, 5.41) is 6.98. The quantitative estimate of drug-likeness (QED) is 0.163. The molecule has 0 fully saturated rings. The third-order valence-corrected chi connectivity index (χ3v) is 11.2. The third-order valence-electron chi connectivity index (χ3n) is 11.2. The van der Waals surface area contributed by atoms with Gasteiger partial charge in [-0.15, -0.1) is 0 Å². The summed E-state index contributed by atoms with van der Waals surface area (Å²) >= 11 is 0. The molecule has 11 rings (SSSR count). The molecule has 3 nitrogen and oxygen atoms in total. The van der Waals surface area contributed by atoms with Gasteiger partial charge < -0.3 is 9.32 Å². The van der Waals surface area contributed by atoms with Crippen LogP contribution in [0, 0.1) is 0 Å². The topological polar surface area (TPSA) is 29.3 Å². The summed E-state index contributed by atoms with van der Waals surface area (Å²) in [4.78, 5) is 7.25. The number of para-hydroxylation sites is 1. The van der Waals surface area contributed by atoms with E-state index in [9.17, 15) is 0 Å². The van der Waals surface area contributed by atoms with Gasteiger partial charge in [-0.25, -0.2) is 4.98 Å². The number of anilines is 3. The molecule has 0 unspecified atom stereocenters. The monoisotopic (exact) mass is 740 g/mol. The Balaban J connectivity index is 0.968. The van der Waals surface area contributed by atoms with Crippen LogP contribution in [0.4, 0.5) is 17.1 Å². The number of oxazole rings is 1. The Hall–Kier alpha value is -7.75. The van der Waals surface area contributed by atoms with Crippen LogP contribution in [-0.4, -0.2) is 4.98 Å². The van der Waals surface area contributed by atoms with Gasteiger partial charge in [0.25, 0.3) is 0 Å². The van der Waals surface area contributed by atoms with Crippen molar-refractivity contribution in [3.05, 3.63) is 218 Å². The van der Waals surface area contributed by atoms with Gasteiger partial charge in [-0.2, -0.15) is 0 Å². The Morgan fingerprint density at radius 1 is 0.328 bits per heavy atom. The molecule has 11 aromatic rings. The highest BCUT2D eigenvalue weighted by molar-refractivity contribution is 6.05. The Morgan fingerprint density at radius 3 is 1.78 bits per heavy atom. The maximum Gasteiger partial charge on any atom is 0.227 e. The lowest BCUT2D eigenvalue weighted by molar-refractivity contribution is 0.623. The first-order valence-electron chi connectivity index (χ1n) is 19.7. The van der Waals surface area contributed by atoms with Crippen LogP contribution in [0.3, 0.4) is 0 Å². The highest BCUT2D eigenvalue weighted by Crippen LogP contribution is 2.41. The Bertz CT molecular complexity index is 3280. The van der Waals surface area contributed by atoms with Gasteiger partial charge in [-0.3, -0.25) is 0 Å². The smallest absolute Gasteiger partial charge is 0.227 e. The van der Waals surface area contributed by atoms with Crippen LogP contribution in [0.1, 0.15) is 0 Å². The molecule has 3 heteroatoms. The van der Waals surface area contributed by atoms with Crippen LogP contribution in [-0.2, 0) is 0 Å². The van der Waals surface area contributed by atoms with Crippen LogP contribution in [0.5, 0.6) is 0 Å². The van der Waals surface area contributed by atoms with Gasteiger partial charge >= 0.3 is 0 Å². The average Bonchev–Trinajstić information content (AvgIpc) is 3.75. The lowest BCUT2D eigenvalue weighted by Gasteiger charge is -2.26. The zero-order valence-electron chi connectivity index (χ0n) is 31.6. The van der Waals surface area contributed by atoms with Crippen molar-refractivity contribution in [1.82, 2.24) is 4.98 Å². The van der Waals surface area contributed by atoms with E-state index in [0.717, 1.165) is 55.6 Å². The zero-order valence-corrected chi connectivity index (χ0v) is 31.6. The van der Waals surface area contributed by atoms with E-state index in [0.29, 0.717) is 5.89 Å². The van der Waals surface area contributed by atoms with E-state index in [1.54, 1.807) is 0 Å². The highest BCUT2D eigenvalue weighted by atomic mass is 16.3. The minimum atomic E-state index is 0.630. The molecule has 0 aliphatic carbocycles. The number of fused-ring (bicyclic) bond motifs is 5. The fourth-order valence-electron chi connectivity index (χ4n) is 8.32. The van der Waals surface area contributed by atoms with Gasteiger partial charge in [0.05, 0.1) is 0 Å². The van der Waals surface area contributed by atoms with Gasteiger partial charge in [0.15, 0.2) is 5.58 Å². The number of aromatic nitrogens is 1. The average molecular weight is 741 g/mol. The maximum atomic E-state index is 6.53. The second kappa shape index (κ2) is 14.1. The molecular weight excluding hydrogens is 705 g/mol. The van der Waals surface area contributed by atoms with E-state index in [4.69, 9.17) is 9.40 Å². The first kappa shape index (κ1) is 33.6. The van der Waals surface area contributed by atoms with Crippen molar-refractivity contribution in [3.63, 3.8) is 0 Å². The van der Waals surface area contributed by atoms with Crippen molar-refractivity contribution in [3.8, 4) is 44.8 Å². The van der Waals surface area contributed by atoms with Gasteiger partial charge in [-0.1, -0.05) is 146 Å². The van der Waals surface area contributed by atoms with Crippen molar-refractivity contribution in [2.24, 2.45) is 0 Å². The van der Waals surface area contributed by atoms with Crippen LogP contribution in [0.15, 0.2) is 223 Å². The molecule has 0 spiro atoms. The number of hydrogen-bond acceptors (Lipinski definition) is 3. The second-order valence-electron chi connectivity index (χ2n) is 14.8. The minimum absolute atomic E-state index is 0.630. The van der Waals surface area contributed by atoms with Crippen LogP contribution in [0.25, 0.3) is 88.3 Å². The molecule has 10 aromatic carbocycles. The molecule has 0 radical (unpaired) electrons. The van der Waals surface area contributed by atoms with E-state index in [2.05, 4.69) is 223 Å². The molecule has 0 saturated carbocycles. The van der Waals surface area contributed by atoms with Gasteiger partial charge in [0.1, 0.15) is 5.52 Å². The molecule has 58 heavy (non-hydrogen) atoms. The van der Waals surface area contributed by atoms with Gasteiger partial charge in [0.2, 0.25) is 5.89 Å². The number of benzene rings is 10. The van der Waals surface area contributed by atoms with Crippen molar-refractivity contribution in [2.45, 2.75) is 0 Å². The number of nitrogens with zero attached hydrogens (tertiary/aromatic N) is 2. The molecular formula is C55H36N2O. The predicted octanol–water partition coefficient (Wildman–Crippen LogP) is 15.4. The van der Waals surface area contributed by atoms with Crippen molar-refractivity contribution < 1.29 is 4.42 Å². The van der Waals surface area contributed by atoms with E-state index in [-0.39, 0.29) is 0 Å². The molecule has 0 amide bonds. The molecule has 272 valence electrons. The van der Waals surface area contributed by atoms with Crippen LogP contribution < -0.4 is 4.90 Å². The summed E-state index contributed by atoms with van der Waals surface area (Å²) in [6, 6.07) is 77.8. The van der Waals surface area contributed by atoms with E-state index >= 15 is 0 Å². The van der Waals surface area contributed by atoms with Crippen LogP contribution >= 0.6 is 0 Å². The fourth-order valence-corrected chi connectivity index (χ4v) is 8.32. The second-order valence-corrected chi connectivity index (χ2v) is 14.8. The molecule has 0 aliphatic heterocycles. The fraction of sp³-hybridized carbons (Fsp3) is 0. The maximum absolute atomic E-state index is 6.53. The summed E-state index contributed by atoms with van der Waals surface area (Å²) in [5.41, 5.74) is 12.9. The van der Waals surface area contributed by atoms with Gasteiger partial charge in [0, 0.05) is 28.0 Å². The summed E-state index contributed by atoms with van der Waals surface area (Å²) in [5.74, 6) is 0.630. The Morgan fingerprint density at radius 2 is 0.931 bits per heavy atom. The Labute approximate surface area is 336 Å². The standard InChI is InChI=1S/C55H36N2O/c1-3-12-37(13-4-1)46-33-43-16-9-10-21-50(43)51(36-46)44-17-11-20-49(34-44)57(47-18-5-2-6-19-47)48-29-26-39(27-30-48)42-24-23-40-28-31-53-54(52(40)35-42)58-55(56-53)45-25-22-38-14-7-8-15-41(38)32-45/h1-36H. The minimum Gasteiger partial charge on any atom is -0.435 e. The largest absolute Gasteiger partial charge is 0.435 e. The molecule has 0 aliphatic rings. The summed E-state index contributed by atoms with van der Waals surface area (Å²) < 4.78 is 6.53. The first-order chi connectivity index (χ1) is 28.7. The third kappa shape index (κ3) is 6.07. The van der Waals surface area contributed by atoms with E-state index in [1.807, 2.05) is 0 Å². The predicted molar refractivity (Wildman–Crippen MR) is 243 cm³/mol. The molecule has 1 aromatic heterocycles.